The van der Waals surface area contributed by atoms with Crippen molar-refractivity contribution < 1.29 is 14.1 Å². The van der Waals surface area contributed by atoms with Gasteiger partial charge in [0, 0.05) is 44.6 Å². The second kappa shape index (κ2) is 10.1. The van der Waals surface area contributed by atoms with Gasteiger partial charge < -0.3 is 14.6 Å². The number of morpholine rings is 1. The van der Waals surface area contributed by atoms with Crippen LogP contribution in [0.2, 0.25) is 0 Å². The highest BCUT2D eigenvalue weighted by atomic mass is 16.5. The average Bonchev–Trinajstić information content (AvgIpc) is 3.28. The molecule has 0 aliphatic carbocycles. The molecule has 7 heteroatoms. The highest BCUT2D eigenvalue weighted by Gasteiger charge is 2.12. The quantitative estimate of drug-likeness (QED) is 0.620. The van der Waals surface area contributed by atoms with Gasteiger partial charge in [0.25, 0.3) is 0 Å². The summed E-state index contributed by atoms with van der Waals surface area (Å²) in [5.41, 5.74) is 3.19. The lowest BCUT2D eigenvalue weighted by atomic mass is 10.0. The van der Waals surface area contributed by atoms with Crippen molar-refractivity contribution in [3.05, 3.63) is 60.5 Å². The maximum Gasteiger partial charge on any atom is 0.227 e. The Hall–Kier alpha value is -3.03. The van der Waals surface area contributed by atoms with Crippen molar-refractivity contribution in [2.75, 3.05) is 39.4 Å². The number of benzene rings is 2. The second-order valence-corrected chi connectivity index (χ2v) is 7.26. The number of aromatic nitrogens is 2. The van der Waals surface area contributed by atoms with Gasteiger partial charge in [-0.05, 0) is 11.1 Å². The lowest BCUT2D eigenvalue weighted by Gasteiger charge is -2.26. The molecule has 0 bridgehead atoms. The van der Waals surface area contributed by atoms with E-state index in [4.69, 9.17) is 9.26 Å². The van der Waals surface area contributed by atoms with E-state index >= 15 is 0 Å². The Kier molecular flexibility index (Phi) is 6.84. The zero-order chi connectivity index (χ0) is 20.6. The van der Waals surface area contributed by atoms with E-state index in [1.807, 2.05) is 42.5 Å². The van der Waals surface area contributed by atoms with Crippen LogP contribution in [0.15, 0.2) is 59.1 Å². The van der Waals surface area contributed by atoms with Crippen molar-refractivity contribution in [1.29, 1.82) is 0 Å². The van der Waals surface area contributed by atoms with Crippen LogP contribution in [0.4, 0.5) is 0 Å². The Morgan fingerprint density at radius 3 is 2.43 bits per heavy atom. The van der Waals surface area contributed by atoms with E-state index in [2.05, 4.69) is 32.5 Å². The molecule has 0 atom stereocenters. The molecule has 1 amide bonds. The molecule has 0 saturated carbocycles. The van der Waals surface area contributed by atoms with Crippen LogP contribution < -0.4 is 5.32 Å². The fourth-order valence-electron chi connectivity index (χ4n) is 3.40. The summed E-state index contributed by atoms with van der Waals surface area (Å²) in [6.07, 6.45) is 0.760. The van der Waals surface area contributed by atoms with E-state index in [1.54, 1.807) is 0 Å². The van der Waals surface area contributed by atoms with Gasteiger partial charge in [0.1, 0.15) is 0 Å². The molecular weight excluding hydrogens is 380 g/mol. The van der Waals surface area contributed by atoms with Crippen LogP contribution >= 0.6 is 0 Å². The molecule has 1 saturated heterocycles. The SMILES string of the molecule is O=C(CCc1nc(-c2ccc(-c3ccccc3)cc2)no1)NCCN1CCOCC1. The number of carbonyl (C=O) groups excluding carboxylic acids is 1. The lowest BCUT2D eigenvalue weighted by Crippen LogP contribution is -2.41. The van der Waals surface area contributed by atoms with Gasteiger partial charge in [-0.25, -0.2) is 0 Å². The first-order chi connectivity index (χ1) is 14.8. The number of carbonyl (C=O) groups is 1. The van der Waals surface area contributed by atoms with Gasteiger partial charge in [-0.1, -0.05) is 59.8 Å². The largest absolute Gasteiger partial charge is 0.379 e. The van der Waals surface area contributed by atoms with Crippen LogP contribution in [0.3, 0.4) is 0 Å². The summed E-state index contributed by atoms with van der Waals surface area (Å²) in [4.78, 5) is 18.8. The fourth-order valence-corrected chi connectivity index (χ4v) is 3.40. The number of nitrogens with one attached hydrogen (secondary N) is 1. The number of ether oxygens (including phenoxy) is 1. The Morgan fingerprint density at radius 2 is 1.67 bits per heavy atom. The molecule has 0 radical (unpaired) electrons. The molecule has 3 aromatic rings. The van der Waals surface area contributed by atoms with Gasteiger partial charge in [-0.3, -0.25) is 9.69 Å². The average molecular weight is 406 g/mol. The summed E-state index contributed by atoms with van der Waals surface area (Å²) in [5, 5.41) is 7.00. The number of amides is 1. The highest BCUT2D eigenvalue weighted by Crippen LogP contribution is 2.23. The predicted molar refractivity (Wildman–Crippen MR) is 114 cm³/mol. The zero-order valence-electron chi connectivity index (χ0n) is 16.9. The van der Waals surface area contributed by atoms with Gasteiger partial charge >= 0.3 is 0 Å². The van der Waals surface area contributed by atoms with Crippen molar-refractivity contribution in [1.82, 2.24) is 20.4 Å². The Bertz CT molecular complexity index is 935. The smallest absolute Gasteiger partial charge is 0.227 e. The Balaban J connectivity index is 1.24. The van der Waals surface area contributed by atoms with Crippen LogP contribution in [0.5, 0.6) is 0 Å². The Labute approximate surface area is 176 Å². The summed E-state index contributed by atoms with van der Waals surface area (Å²) in [7, 11) is 0. The minimum atomic E-state index is -0.00442. The fraction of sp³-hybridized carbons (Fsp3) is 0.348. The summed E-state index contributed by atoms with van der Waals surface area (Å²) < 4.78 is 10.6. The predicted octanol–water partition coefficient (Wildman–Crippen LogP) is 2.78. The molecule has 1 aliphatic rings. The highest BCUT2D eigenvalue weighted by molar-refractivity contribution is 5.76. The topological polar surface area (TPSA) is 80.5 Å². The monoisotopic (exact) mass is 406 g/mol. The molecule has 2 heterocycles. The molecule has 1 N–H and O–H groups in total. The van der Waals surface area contributed by atoms with Gasteiger partial charge in [-0.2, -0.15) is 4.98 Å². The summed E-state index contributed by atoms with van der Waals surface area (Å²) in [6, 6.07) is 18.3. The van der Waals surface area contributed by atoms with Crippen molar-refractivity contribution in [2.45, 2.75) is 12.8 Å². The molecule has 2 aromatic carbocycles. The molecule has 1 aromatic heterocycles. The first-order valence-electron chi connectivity index (χ1n) is 10.3. The van der Waals surface area contributed by atoms with E-state index in [1.165, 1.54) is 0 Å². The van der Waals surface area contributed by atoms with E-state index in [-0.39, 0.29) is 5.91 Å². The van der Waals surface area contributed by atoms with E-state index < -0.39 is 0 Å². The first kappa shape index (κ1) is 20.3. The first-order valence-corrected chi connectivity index (χ1v) is 10.3. The van der Waals surface area contributed by atoms with Gasteiger partial charge in [0.15, 0.2) is 0 Å². The van der Waals surface area contributed by atoms with E-state index in [9.17, 15) is 4.79 Å². The number of hydrogen-bond acceptors (Lipinski definition) is 6. The molecule has 0 unspecified atom stereocenters. The summed E-state index contributed by atoms with van der Waals surface area (Å²) >= 11 is 0. The van der Waals surface area contributed by atoms with E-state index in [0.717, 1.165) is 49.5 Å². The number of aryl methyl sites for hydroxylation is 1. The zero-order valence-corrected chi connectivity index (χ0v) is 16.9. The summed E-state index contributed by atoms with van der Waals surface area (Å²) in [5.74, 6) is 1.01. The Morgan fingerprint density at radius 1 is 0.967 bits per heavy atom. The van der Waals surface area contributed by atoms with Crippen molar-refractivity contribution in [3.63, 3.8) is 0 Å². The number of nitrogens with zero attached hydrogens (tertiary/aromatic N) is 3. The standard InChI is InChI=1S/C23H26N4O3/c28-21(24-12-13-27-14-16-29-17-15-27)10-11-22-25-23(26-30-22)20-8-6-19(7-9-20)18-4-2-1-3-5-18/h1-9H,10-17H2,(H,24,28). The molecular formula is C23H26N4O3. The van der Waals surface area contributed by atoms with Crippen molar-refractivity contribution in [3.8, 4) is 22.5 Å². The maximum absolute atomic E-state index is 12.1. The lowest BCUT2D eigenvalue weighted by molar-refractivity contribution is -0.121. The third-order valence-electron chi connectivity index (χ3n) is 5.14. The molecule has 1 aliphatic heterocycles. The third kappa shape index (κ3) is 5.52. The molecule has 4 rings (SSSR count). The molecule has 0 spiro atoms. The minimum absolute atomic E-state index is 0.00442. The summed E-state index contributed by atoms with van der Waals surface area (Å²) in [6.45, 7) is 4.87. The van der Waals surface area contributed by atoms with Crippen LogP contribution in [-0.2, 0) is 16.0 Å². The van der Waals surface area contributed by atoms with Crippen molar-refractivity contribution >= 4 is 5.91 Å². The molecule has 156 valence electrons. The van der Waals surface area contributed by atoms with Gasteiger partial charge in [-0.15, -0.1) is 0 Å². The van der Waals surface area contributed by atoms with Crippen LogP contribution in [0.1, 0.15) is 12.3 Å². The molecule has 30 heavy (non-hydrogen) atoms. The van der Waals surface area contributed by atoms with E-state index in [0.29, 0.717) is 31.1 Å². The van der Waals surface area contributed by atoms with Gasteiger partial charge in [0.2, 0.25) is 17.6 Å². The van der Waals surface area contributed by atoms with Gasteiger partial charge in [0.05, 0.1) is 13.2 Å². The maximum atomic E-state index is 12.1. The second-order valence-electron chi connectivity index (χ2n) is 7.26. The third-order valence-corrected chi connectivity index (χ3v) is 5.14. The number of hydrogen-bond donors (Lipinski definition) is 1. The normalized spacial score (nSPS) is 14.5. The van der Waals surface area contributed by atoms with Crippen LogP contribution in [-0.4, -0.2) is 60.3 Å². The van der Waals surface area contributed by atoms with Crippen LogP contribution in [0, 0.1) is 0 Å². The van der Waals surface area contributed by atoms with Crippen molar-refractivity contribution in [2.24, 2.45) is 0 Å². The number of rotatable bonds is 8. The van der Waals surface area contributed by atoms with Crippen LogP contribution in [0.25, 0.3) is 22.5 Å². The minimum Gasteiger partial charge on any atom is -0.379 e. The molecule has 1 fully saturated rings. The molecule has 7 nitrogen and oxygen atoms in total.